The predicted molar refractivity (Wildman–Crippen MR) is 75.9 cm³/mol. The zero-order valence-corrected chi connectivity index (χ0v) is 12.1. The SMILES string of the molecule is C[C@H](OS(C)(=O)=O)c1nc2c(cnn2C2=CC=C2)c(=O)[nH]1. The summed E-state index contributed by atoms with van der Waals surface area (Å²) >= 11 is 0. The summed E-state index contributed by atoms with van der Waals surface area (Å²) in [4.78, 5) is 18.8. The van der Waals surface area contributed by atoms with Crippen molar-refractivity contribution in [3.8, 4) is 0 Å². The minimum absolute atomic E-state index is 0.128. The van der Waals surface area contributed by atoms with Crippen molar-refractivity contribution < 1.29 is 12.6 Å². The van der Waals surface area contributed by atoms with Gasteiger partial charge < -0.3 is 4.98 Å². The number of fused-ring (bicyclic) bond motifs is 1. The van der Waals surface area contributed by atoms with Crippen LogP contribution in [0, 0.1) is 0 Å². The topological polar surface area (TPSA) is 107 Å². The van der Waals surface area contributed by atoms with Crippen molar-refractivity contribution in [3.63, 3.8) is 0 Å². The zero-order valence-electron chi connectivity index (χ0n) is 11.3. The van der Waals surface area contributed by atoms with Gasteiger partial charge in [0.05, 0.1) is 18.1 Å². The van der Waals surface area contributed by atoms with E-state index >= 15 is 0 Å². The number of aromatic nitrogens is 4. The van der Waals surface area contributed by atoms with Crippen molar-refractivity contribution in [2.75, 3.05) is 6.26 Å². The van der Waals surface area contributed by atoms with E-state index < -0.39 is 21.8 Å². The maximum absolute atomic E-state index is 12.0. The highest BCUT2D eigenvalue weighted by Gasteiger charge is 2.19. The number of rotatable bonds is 4. The van der Waals surface area contributed by atoms with Crippen LogP contribution in [-0.2, 0) is 14.3 Å². The van der Waals surface area contributed by atoms with Gasteiger partial charge in [0, 0.05) is 0 Å². The first kappa shape index (κ1) is 13.7. The highest BCUT2D eigenvalue weighted by atomic mass is 32.2. The maximum Gasteiger partial charge on any atom is 0.265 e. The van der Waals surface area contributed by atoms with Gasteiger partial charge in [-0.25, -0.2) is 9.67 Å². The third-order valence-electron chi connectivity index (χ3n) is 2.94. The Kier molecular flexibility index (Phi) is 3.03. The van der Waals surface area contributed by atoms with Crippen LogP contribution in [0.25, 0.3) is 16.7 Å². The van der Waals surface area contributed by atoms with Gasteiger partial charge in [-0.15, -0.1) is 0 Å². The standard InChI is InChI=1S/C12H12N4O4S/c1-7(20-21(2,18)19)10-14-11-9(12(17)15-10)6-13-16(11)8-4-3-5-8/h3-7H,1-2H3,(H,14,15,17)/t7-/m0/s1. The van der Waals surface area contributed by atoms with Crippen LogP contribution in [0.15, 0.2) is 29.2 Å². The van der Waals surface area contributed by atoms with Gasteiger partial charge in [-0.3, -0.25) is 8.98 Å². The van der Waals surface area contributed by atoms with Gasteiger partial charge >= 0.3 is 0 Å². The Bertz CT molecular complexity index is 936. The van der Waals surface area contributed by atoms with Crippen LogP contribution in [0.2, 0.25) is 0 Å². The molecule has 2 aromatic rings. The maximum atomic E-state index is 12.0. The van der Waals surface area contributed by atoms with Crippen LogP contribution in [-0.4, -0.2) is 34.4 Å². The van der Waals surface area contributed by atoms with Gasteiger partial charge in [-0.2, -0.15) is 13.5 Å². The smallest absolute Gasteiger partial charge is 0.265 e. The molecule has 0 saturated carbocycles. The average Bonchev–Trinajstić information content (AvgIpc) is 2.69. The summed E-state index contributed by atoms with van der Waals surface area (Å²) in [5, 5.41) is 4.43. The molecule has 0 bridgehead atoms. The summed E-state index contributed by atoms with van der Waals surface area (Å²) in [6.07, 6.45) is 6.95. The summed E-state index contributed by atoms with van der Waals surface area (Å²) in [6.45, 7) is 1.49. The third-order valence-corrected chi connectivity index (χ3v) is 3.58. The number of H-pyrrole nitrogens is 1. The van der Waals surface area contributed by atoms with E-state index in [1.54, 1.807) is 0 Å². The van der Waals surface area contributed by atoms with Crippen LogP contribution in [0.5, 0.6) is 0 Å². The molecule has 2 aromatic heterocycles. The molecule has 9 heteroatoms. The minimum atomic E-state index is -3.65. The Balaban J connectivity index is 2.11. The second kappa shape index (κ2) is 4.64. The van der Waals surface area contributed by atoms with Gasteiger partial charge in [0.1, 0.15) is 17.3 Å². The molecule has 8 nitrogen and oxygen atoms in total. The lowest BCUT2D eigenvalue weighted by molar-refractivity contribution is 0.226. The third kappa shape index (κ3) is 2.52. The average molecular weight is 308 g/mol. The monoisotopic (exact) mass is 308 g/mol. The molecule has 0 aromatic carbocycles. The molecule has 0 aliphatic heterocycles. The Morgan fingerprint density at radius 3 is 2.71 bits per heavy atom. The fourth-order valence-electron chi connectivity index (χ4n) is 1.95. The molecule has 21 heavy (non-hydrogen) atoms. The first-order chi connectivity index (χ1) is 9.85. The Hall–Kier alpha value is -2.26. The van der Waals surface area contributed by atoms with Crippen molar-refractivity contribution >= 4 is 26.8 Å². The quantitative estimate of drug-likeness (QED) is 0.827. The highest BCUT2D eigenvalue weighted by molar-refractivity contribution is 7.86. The molecule has 1 N–H and O–H groups in total. The Labute approximate surface area is 119 Å². The van der Waals surface area contributed by atoms with Crippen LogP contribution in [0.1, 0.15) is 18.9 Å². The Morgan fingerprint density at radius 2 is 2.14 bits per heavy atom. The number of hydrogen-bond donors (Lipinski definition) is 1. The minimum Gasteiger partial charge on any atom is -0.308 e. The van der Waals surface area contributed by atoms with Gasteiger partial charge in [-0.05, 0) is 19.1 Å². The molecular formula is C12H12N4O4S. The summed E-state index contributed by atoms with van der Waals surface area (Å²) in [7, 11) is -3.65. The summed E-state index contributed by atoms with van der Waals surface area (Å²) in [5.41, 5.74) is 0.758. The second-order valence-electron chi connectivity index (χ2n) is 4.64. The van der Waals surface area contributed by atoms with E-state index in [1.165, 1.54) is 17.8 Å². The van der Waals surface area contributed by atoms with E-state index in [-0.39, 0.29) is 5.82 Å². The second-order valence-corrected chi connectivity index (χ2v) is 6.24. The van der Waals surface area contributed by atoms with Gasteiger partial charge in [-0.1, -0.05) is 6.08 Å². The van der Waals surface area contributed by atoms with E-state index in [1.807, 2.05) is 18.2 Å². The normalized spacial score (nSPS) is 15.8. The molecule has 0 amide bonds. The lowest BCUT2D eigenvalue weighted by Crippen LogP contribution is -2.17. The fraction of sp³-hybridized carbons (Fsp3) is 0.250. The fourth-order valence-corrected chi connectivity index (χ4v) is 2.56. The van der Waals surface area contributed by atoms with E-state index in [4.69, 9.17) is 4.18 Å². The summed E-state index contributed by atoms with van der Waals surface area (Å²) in [6, 6.07) is 0. The molecule has 1 atom stereocenters. The molecule has 1 aliphatic carbocycles. The van der Waals surface area contributed by atoms with Crippen molar-refractivity contribution in [2.45, 2.75) is 13.0 Å². The van der Waals surface area contributed by atoms with Crippen LogP contribution in [0.4, 0.5) is 0 Å². The van der Waals surface area contributed by atoms with Crippen molar-refractivity contribution in [1.82, 2.24) is 19.7 Å². The molecule has 0 radical (unpaired) electrons. The first-order valence-corrected chi connectivity index (χ1v) is 7.92. The van der Waals surface area contributed by atoms with Crippen LogP contribution < -0.4 is 5.56 Å². The van der Waals surface area contributed by atoms with Gasteiger partial charge in [0.15, 0.2) is 5.65 Å². The molecule has 0 spiro atoms. The van der Waals surface area contributed by atoms with E-state index in [2.05, 4.69) is 15.1 Å². The van der Waals surface area contributed by atoms with Crippen LogP contribution >= 0.6 is 0 Å². The van der Waals surface area contributed by atoms with Gasteiger partial charge in [0.25, 0.3) is 15.7 Å². The van der Waals surface area contributed by atoms with Crippen molar-refractivity contribution in [2.24, 2.45) is 0 Å². The molecular weight excluding hydrogens is 296 g/mol. The Morgan fingerprint density at radius 1 is 1.43 bits per heavy atom. The molecule has 2 heterocycles. The molecule has 1 aliphatic rings. The number of aromatic amines is 1. The van der Waals surface area contributed by atoms with Crippen LogP contribution in [0.3, 0.4) is 0 Å². The molecule has 0 fully saturated rings. The number of nitrogens with one attached hydrogen (secondary N) is 1. The summed E-state index contributed by atoms with van der Waals surface area (Å²) in [5.74, 6) is 0.128. The molecule has 0 unspecified atom stereocenters. The lowest BCUT2D eigenvalue weighted by atomic mass is 10.2. The van der Waals surface area contributed by atoms with Crippen molar-refractivity contribution in [1.29, 1.82) is 0 Å². The lowest BCUT2D eigenvalue weighted by Gasteiger charge is -2.11. The summed E-state index contributed by atoms with van der Waals surface area (Å²) < 4.78 is 28.7. The number of hydrogen-bond acceptors (Lipinski definition) is 6. The van der Waals surface area contributed by atoms with E-state index in [0.717, 1.165) is 12.0 Å². The first-order valence-electron chi connectivity index (χ1n) is 6.10. The number of nitrogens with zero attached hydrogens (tertiary/aromatic N) is 3. The van der Waals surface area contributed by atoms with E-state index in [0.29, 0.717) is 11.0 Å². The largest absolute Gasteiger partial charge is 0.308 e. The molecule has 3 rings (SSSR count). The van der Waals surface area contributed by atoms with E-state index in [9.17, 15) is 13.2 Å². The zero-order chi connectivity index (χ0) is 15.2. The van der Waals surface area contributed by atoms with Crippen molar-refractivity contribution in [3.05, 3.63) is 40.6 Å². The molecule has 110 valence electrons. The predicted octanol–water partition coefficient (Wildman–Crippen LogP) is 0.567. The molecule has 0 saturated heterocycles. The number of allylic oxidation sites excluding steroid dienone is 4. The highest BCUT2D eigenvalue weighted by Crippen LogP contribution is 2.20. The van der Waals surface area contributed by atoms with Gasteiger partial charge in [0.2, 0.25) is 0 Å².